The van der Waals surface area contributed by atoms with Crippen LogP contribution in [0.5, 0.6) is 11.5 Å². The van der Waals surface area contributed by atoms with Gasteiger partial charge in [0.2, 0.25) is 0 Å². The molecule has 0 aliphatic carbocycles. The number of nitrogens with one attached hydrogen (secondary N) is 1. The number of carbonyl (C=O) groups excluding carboxylic acids is 1. The summed E-state index contributed by atoms with van der Waals surface area (Å²) in [6.07, 6.45) is 2.08. The number of aromatic hydroxyl groups is 2. The van der Waals surface area contributed by atoms with Crippen molar-refractivity contribution in [2.24, 2.45) is 0 Å². The van der Waals surface area contributed by atoms with Gasteiger partial charge < -0.3 is 20.1 Å². The lowest BCUT2D eigenvalue weighted by atomic mass is 10.1. The lowest BCUT2D eigenvalue weighted by molar-refractivity contribution is 0.102. The third-order valence-corrected chi connectivity index (χ3v) is 4.19. The van der Waals surface area contributed by atoms with Gasteiger partial charge in [0.15, 0.2) is 11.6 Å². The summed E-state index contributed by atoms with van der Waals surface area (Å²) in [6, 6.07) is 8.22. The Morgan fingerprint density at radius 1 is 1.21 bits per heavy atom. The fourth-order valence-electron chi connectivity index (χ4n) is 3.09. The van der Waals surface area contributed by atoms with Gasteiger partial charge in [-0.05, 0) is 30.2 Å². The van der Waals surface area contributed by atoms with Crippen LogP contribution in [-0.2, 0) is 13.0 Å². The highest BCUT2D eigenvalue weighted by Gasteiger charge is 2.26. The lowest BCUT2D eigenvalue weighted by Crippen LogP contribution is -2.28. The van der Waals surface area contributed by atoms with E-state index in [1.54, 1.807) is 12.1 Å². The van der Waals surface area contributed by atoms with E-state index in [1.165, 1.54) is 22.9 Å². The van der Waals surface area contributed by atoms with Crippen LogP contribution >= 0.6 is 0 Å². The SMILES string of the molecule is O=C(Nc1ncccc1O)c1c(O)c2cccc3c2n(c1=O)CC3. The molecule has 3 aromatic rings. The second kappa shape index (κ2) is 5.09. The predicted octanol–water partition coefficient (Wildman–Crippen LogP) is 1.62. The van der Waals surface area contributed by atoms with Crippen molar-refractivity contribution in [1.82, 2.24) is 9.55 Å². The molecule has 2 aromatic heterocycles. The molecule has 1 aromatic carbocycles. The summed E-state index contributed by atoms with van der Waals surface area (Å²) in [7, 11) is 0. The predicted molar refractivity (Wildman–Crippen MR) is 87.4 cm³/mol. The van der Waals surface area contributed by atoms with Gasteiger partial charge in [0.1, 0.15) is 11.3 Å². The van der Waals surface area contributed by atoms with Gasteiger partial charge in [-0.3, -0.25) is 9.59 Å². The molecule has 0 radical (unpaired) electrons. The standard InChI is InChI=1S/C17H13N3O4/c21-11-5-2-7-18-15(11)19-16(23)12-14(22)10-4-1-3-9-6-8-20(13(9)10)17(12)24/h1-5,7,21-22H,6,8H2,(H,18,19,23). The van der Waals surface area contributed by atoms with E-state index >= 15 is 0 Å². The smallest absolute Gasteiger partial charge is 0.267 e. The first-order chi connectivity index (χ1) is 11.6. The molecular formula is C17H13N3O4. The van der Waals surface area contributed by atoms with Crippen LogP contribution in [0.1, 0.15) is 15.9 Å². The monoisotopic (exact) mass is 323 g/mol. The van der Waals surface area contributed by atoms with E-state index in [2.05, 4.69) is 10.3 Å². The van der Waals surface area contributed by atoms with Gasteiger partial charge in [-0.15, -0.1) is 0 Å². The molecule has 7 heteroatoms. The third kappa shape index (κ3) is 1.95. The van der Waals surface area contributed by atoms with Crippen LogP contribution in [0.25, 0.3) is 10.9 Å². The Bertz CT molecular complexity index is 1060. The van der Waals surface area contributed by atoms with Gasteiger partial charge in [0.25, 0.3) is 11.5 Å². The Kier molecular flexibility index (Phi) is 3.02. The van der Waals surface area contributed by atoms with E-state index in [9.17, 15) is 19.8 Å². The van der Waals surface area contributed by atoms with Crippen molar-refractivity contribution in [2.75, 3.05) is 5.32 Å². The summed E-state index contributed by atoms with van der Waals surface area (Å²) in [5, 5.41) is 23.0. The number of carbonyl (C=O) groups is 1. The maximum absolute atomic E-state index is 12.6. The molecule has 3 heterocycles. The van der Waals surface area contributed by atoms with Crippen molar-refractivity contribution >= 4 is 22.6 Å². The number of pyridine rings is 2. The topological polar surface area (TPSA) is 104 Å². The average Bonchev–Trinajstić information content (AvgIpc) is 3.00. The zero-order valence-electron chi connectivity index (χ0n) is 12.5. The van der Waals surface area contributed by atoms with Crippen LogP contribution in [0.3, 0.4) is 0 Å². The number of hydrogen-bond acceptors (Lipinski definition) is 5. The van der Waals surface area contributed by atoms with E-state index in [1.807, 2.05) is 6.07 Å². The molecule has 24 heavy (non-hydrogen) atoms. The summed E-state index contributed by atoms with van der Waals surface area (Å²) < 4.78 is 1.50. The van der Waals surface area contributed by atoms with Gasteiger partial charge in [-0.25, -0.2) is 4.98 Å². The van der Waals surface area contributed by atoms with Crippen LogP contribution in [0.4, 0.5) is 5.82 Å². The summed E-state index contributed by atoms with van der Waals surface area (Å²) in [5.74, 6) is -1.47. The van der Waals surface area contributed by atoms with Gasteiger partial charge in [-0.1, -0.05) is 12.1 Å². The average molecular weight is 323 g/mol. The maximum Gasteiger partial charge on any atom is 0.267 e. The summed E-state index contributed by atoms with van der Waals surface area (Å²) in [5.41, 5.74) is 0.718. The Labute approximate surface area is 135 Å². The molecule has 0 bridgehead atoms. The number of hydrogen-bond donors (Lipinski definition) is 3. The first kappa shape index (κ1) is 14.3. The summed E-state index contributed by atoms with van der Waals surface area (Å²) in [6.45, 7) is 0.462. The molecule has 1 aliphatic rings. The van der Waals surface area contributed by atoms with Crippen molar-refractivity contribution in [3.63, 3.8) is 0 Å². The van der Waals surface area contributed by atoms with Crippen LogP contribution in [0.2, 0.25) is 0 Å². The number of rotatable bonds is 2. The Morgan fingerprint density at radius 2 is 2.04 bits per heavy atom. The number of benzene rings is 1. The number of amides is 1. The zero-order valence-corrected chi connectivity index (χ0v) is 12.5. The van der Waals surface area contributed by atoms with Crippen molar-refractivity contribution < 1.29 is 15.0 Å². The number of nitrogens with zero attached hydrogens (tertiary/aromatic N) is 2. The van der Waals surface area contributed by atoms with Gasteiger partial charge in [0.05, 0.1) is 5.52 Å². The fraction of sp³-hybridized carbons (Fsp3) is 0.118. The fourth-order valence-corrected chi connectivity index (χ4v) is 3.09. The largest absolute Gasteiger partial charge is 0.506 e. The normalized spacial score (nSPS) is 12.5. The van der Waals surface area contributed by atoms with Gasteiger partial charge in [-0.2, -0.15) is 0 Å². The molecule has 0 atom stereocenters. The number of anilines is 1. The van der Waals surface area contributed by atoms with Gasteiger partial charge >= 0.3 is 0 Å². The highest BCUT2D eigenvalue weighted by molar-refractivity contribution is 6.09. The molecule has 0 spiro atoms. The van der Waals surface area contributed by atoms with Crippen molar-refractivity contribution in [2.45, 2.75) is 13.0 Å². The molecule has 7 nitrogen and oxygen atoms in total. The van der Waals surface area contributed by atoms with Crippen LogP contribution in [-0.4, -0.2) is 25.7 Å². The molecule has 0 saturated carbocycles. The first-order valence-corrected chi connectivity index (χ1v) is 7.40. The molecule has 3 N–H and O–H groups in total. The number of aryl methyl sites for hydroxylation is 2. The second-order valence-electron chi connectivity index (χ2n) is 5.57. The maximum atomic E-state index is 12.6. The van der Waals surface area contributed by atoms with E-state index in [-0.39, 0.29) is 22.9 Å². The van der Waals surface area contributed by atoms with Crippen molar-refractivity contribution in [3.8, 4) is 11.5 Å². The molecule has 1 aliphatic heterocycles. The van der Waals surface area contributed by atoms with Crippen molar-refractivity contribution in [1.29, 1.82) is 0 Å². The van der Waals surface area contributed by atoms with E-state index in [0.29, 0.717) is 23.9 Å². The molecule has 4 rings (SSSR count). The van der Waals surface area contributed by atoms with E-state index in [0.717, 1.165) is 5.56 Å². The minimum atomic E-state index is -0.811. The third-order valence-electron chi connectivity index (χ3n) is 4.19. The highest BCUT2D eigenvalue weighted by Crippen LogP contribution is 2.32. The van der Waals surface area contributed by atoms with Crippen LogP contribution in [0.15, 0.2) is 41.3 Å². The molecule has 120 valence electrons. The van der Waals surface area contributed by atoms with Crippen molar-refractivity contribution in [3.05, 3.63) is 58.0 Å². The molecule has 1 amide bonds. The highest BCUT2D eigenvalue weighted by atomic mass is 16.3. The van der Waals surface area contributed by atoms with Gasteiger partial charge in [0, 0.05) is 18.1 Å². The summed E-state index contributed by atoms with van der Waals surface area (Å²) >= 11 is 0. The molecular weight excluding hydrogens is 310 g/mol. The quantitative estimate of drug-likeness (QED) is 0.665. The second-order valence-corrected chi connectivity index (χ2v) is 5.57. The minimum absolute atomic E-state index is 0.0726. The lowest BCUT2D eigenvalue weighted by Gasteiger charge is -2.11. The van der Waals surface area contributed by atoms with E-state index in [4.69, 9.17) is 0 Å². The minimum Gasteiger partial charge on any atom is -0.506 e. The van der Waals surface area contributed by atoms with Crippen LogP contribution < -0.4 is 10.9 Å². The first-order valence-electron chi connectivity index (χ1n) is 7.40. The molecule has 0 fully saturated rings. The zero-order chi connectivity index (χ0) is 16.8. The number of para-hydroxylation sites is 1. The number of aromatic nitrogens is 2. The molecule has 0 saturated heterocycles. The summed E-state index contributed by atoms with van der Waals surface area (Å²) in [4.78, 5) is 29.0. The Balaban J connectivity index is 1.88. The molecule has 0 unspecified atom stereocenters. The Morgan fingerprint density at radius 3 is 2.83 bits per heavy atom. The van der Waals surface area contributed by atoms with Crippen LogP contribution in [0, 0.1) is 0 Å². The Hall–Kier alpha value is -3.35. The van der Waals surface area contributed by atoms with E-state index < -0.39 is 11.5 Å².